The summed E-state index contributed by atoms with van der Waals surface area (Å²) in [6.45, 7) is 11.7. The Bertz CT molecular complexity index is 300. The topological polar surface area (TPSA) is 62.1 Å². The Balaban J connectivity index is 4.45. The van der Waals surface area contributed by atoms with Crippen LogP contribution in [0.1, 0.15) is 54.4 Å². The molecule has 0 bridgehead atoms. The fourth-order valence-corrected chi connectivity index (χ4v) is 1.88. The van der Waals surface area contributed by atoms with Gasteiger partial charge in [-0.15, -0.1) is 0 Å². The van der Waals surface area contributed by atoms with E-state index in [1.165, 1.54) is 0 Å². The summed E-state index contributed by atoms with van der Waals surface area (Å²) in [5.74, 6) is 0.573. The van der Waals surface area contributed by atoms with Gasteiger partial charge in [-0.3, -0.25) is 0 Å². The summed E-state index contributed by atoms with van der Waals surface area (Å²) < 4.78 is 5.26. The first-order valence-corrected chi connectivity index (χ1v) is 6.54. The molecule has 0 aliphatic heterocycles. The number of hydrogen-bond acceptors (Lipinski definition) is 3. The first kappa shape index (κ1) is 16.8. The highest BCUT2D eigenvalue weighted by molar-refractivity contribution is 5.68. The van der Waals surface area contributed by atoms with Gasteiger partial charge in [-0.1, -0.05) is 20.8 Å². The van der Waals surface area contributed by atoms with Crippen molar-refractivity contribution in [1.82, 2.24) is 5.32 Å². The minimum atomic E-state index is -0.485. The number of hydrogen-bond donors (Lipinski definition) is 1. The molecule has 1 amide bonds. The summed E-state index contributed by atoms with van der Waals surface area (Å²) in [6, 6.07) is 2.18. The minimum absolute atomic E-state index is 0.0354. The number of nitrogens with one attached hydrogen (secondary N) is 1. The van der Waals surface area contributed by atoms with Crippen LogP contribution in [0.2, 0.25) is 0 Å². The Morgan fingerprint density at radius 1 is 1.33 bits per heavy atom. The summed E-state index contributed by atoms with van der Waals surface area (Å²) in [5, 5.41) is 11.5. The van der Waals surface area contributed by atoms with Crippen LogP contribution in [0.5, 0.6) is 0 Å². The third kappa shape index (κ3) is 7.16. The molecule has 0 aromatic heterocycles. The molecule has 0 fully saturated rings. The molecule has 18 heavy (non-hydrogen) atoms. The van der Waals surface area contributed by atoms with Crippen LogP contribution in [0, 0.1) is 23.2 Å². The third-order valence-corrected chi connectivity index (χ3v) is 2.73. The fourth-order valence-electron chi connectivity index (χ4n) is 1.88. The minimum Gasteiger partial charge on any atom is -0.444 e. The molecule has 0 saturated heterocycles. The van der Waals surface area contributed by atoms with Crippen molar-refractivity contribution in [1.29, 1.82) is 5.26 Å². The average molecular weight is 254 g/mol. The number of rotatable bonds is 5. The van der Waals surface area contributed by atoms with Crippen LogP contribution in [0.3, 0.4) is 0 Å². The van der Waals surface area contributed by atoms with Crippen LogP contribution in [0.15, 0.2) is 0 Å². The smallest absolute Gasteiger partial charge is 0.407 e. The van der Waals surface area contributed by atoms with Crippen LogP contribution in [0.25, 0.3) is 0 Å². The highest BCUT2D eigenvalue weighted by Crippen LogP contribution is 2.18. The molecule has 104 valence electrons. The van der Waals surface area contributed by atoms with E-state index in [-0.39, 0.29) is 18.1 Å². The summed E-state index contributed by atoms with van der Waals surface area (Å²) >= 11 is 0. The highest BCUT2D eigenvalue weighted by atomic mass is 16.6. The van der Waals surface area contributed by atoms with Gasteiger partial charge in [-0.2, -0.15) is 5.26 Å². The van der Waals surface area contributed by atoms with E-state index in [4.69, 9.17) is 10.00 Å². The summed E-state index contributed by atoms with van der Waals surface area (Å²) in [4.78, 5) is 11.8. The van der Waals surface area contributed by atoms with E-state index in [2.05, 4.69) is 32.2 Å². The molecule has 1 N–H and O–H groups in total. The Morgan fingerprint density at radius 3 is 2.28 bits per heavy atom. The number of nitrogens with zero attached hydrogens (tertiary/aromatic N) is 1. The zero-order chi connectivity index (χ0) is 14.3. The van der Waals surface area contributed by atoms with Crippen molar-refractivity contribution >= 4 is 6.09 Å². The largest absolute Gasteiger partial charge is 0.444 e. The zero-order valence-corrected chi connectivity index (χ0v) is 12.4. The Kier molecular flexibility index (Phi) is 6.75. The van der Waals surface area contributed by atoms with Gasteiger partial charge in [0.2, 0.25) is 0 Å². The maximum Gasteiger partial charge on any atom is 0.407 e. The number of ether oxygens (including phenoxy) is 1. The van der Waals surface area contributed by atoms with Crippen molar-refractivity contribution in [3.63, 3.8) is 0 Å². The predicted octanol–water partition coefficient (Wildman–Crippen LogP) is 3.48. The quantitative estimate of drug-likeness (QED) is 0.817. The van der Waals surface area contributed by atoms with Crippen LogP contribution >= 0.6 is 0 Å². The van der Waals surface area contributed by atoms with Gasteiger partial charge in [0.05, 0.1) is 6.07 Å². The molecule has 2 atom stereocenters. The van der Waals surface area contributed by atoms with Gasteiger partial charge in [0.25, 0.3) is 0 Å². The van der Waals surface area contributed by atoms with E-state index in [0.29, 0.717) is 12.3 Å². The van der Waals surface area contributed by atoms with Gasteiger partial charge in [-0.05, 0) is 39.0 Å². The Labute approximate surface area is 111 Å². The molecule has 0 aliphatic rings. The van der Waals surface area contributed by atoms with Crippen molar-refractivity contribution in [3.8, 4) is 6.07 Å². The third-order valence-electron chi connectivity index (χ3n) is 2.73. The fraction of sp³-hybridized carbons (Fsp3) is 0.857. The molecular weight excluding hydrogens is 228 g/mol. The van der Waals surface area contributed by atoms with E-state index in [1.807, 2.05) is 20.8 Å². The first-order valence-electron chi connectivity index (χ1n) is 6.54. The molecule has 4 nitrogen and oxygen atoms in total. The van der Waals surface area contributed by atoms with Crippen LogP contribution in [-0.2, 0) is 4.74 Å². The lowest BCUT2D eigenvalue weighted by Gasteiger charge is -2.29. The van der Waals surface area contributed by atoms with Gasteiger partial charge in [0.15, 0.2) is 0 Å². The molecule has 0 rings (SSSR count). The van der Waals surface area contributed by atoms with Crippen molar-refractivity contribution in [2.24, 2.45) is 11.8 Å². The molecule has 0 aromatic carbocycles. The number of amides is 1. The predicted molar refractivity (Wildman–Crippen MR) is 72.0 cm³/mol. The maximum atomic E-state index is 11.8. The van der Waals surface area contributed by atoms with E-state index in [9.17, 15) is 4.79 Å². The lowest BCUT2D eigenvalue weighted by molar-refractivity contribution is 0.0467. The SMILES string of the molecule is CC(C)C(NC(=O)OC(C)(C)C)C(C)CCC#N. The molecular formula is C14H26N2O2. The first-order chi connectivity index (χ1) is 8.17. The maximum absolute atomic E-state index is 11.8. The number of carbonyl (C=O) groups is 1. The summed E-state index contributed by atoms with van der Waals surface area (Å²) in [6.07, 6.45) is 0.917. The lowest BCUT2D eigenvalue weighted by atomic mass is 9.89. The van der Waals surface area contributed by atoms with Gasteiger partial charge in [-0.25, -0.2) is 4.79 Å². The Morgan fingerprint density at radius 2 is 1.89 bits per heavy atom. The number of nitriles is 1. The van der Waals surface area contributed by atoms with Crippen molar-refractivity contribution < 1.29 is 9.53 Å². The lowest BCUT2D eigenvalue weighted by Crippen LogP contribution is -2.45. The highest BCUT2D eigenvalue weighted by Gasteiger charge is 2.25. The van der Waals surface area contributed by atoms with Gasteiger partial charge >= 0.3 is 6.09 Å². The zero-order valence-electron chi connectivity index (χ0n) is 12.4. The molecule has 2 unspecified atom stereocenters. The molecule has 4 heteroatoms. The van der Waals surface area contributed by atoms with Gasteiger partial charge in [0.1, 0.15) is 5.60 Å². The van der Waals surface area contributed by atoms with Crippen molar-refractivity contribution in [3.05, 3.63) is 0 Å². The molecule has 0 aromatic rings. The molecule has 0 radical (unpaired) electrons. The van der Waals surface area contributed by atoms with Crippen molar-refractivity contribution in [2.75, 3.05) is 0 Å². The molecule has 0 spiro atoms. The number of alkyl carbamates (subject to hydrolysis) is 1. The van der Waals surface area contributed by atoms with Crippen LogP contribution in [-0.4, -0.2) is 17.7 Å². The normalized spacial score (nSPS) is 14.8. The second-order valence-corrected chi connectivity index (χ2v) is 6.09. The number of carbonyl (C=O) groups excluding carboxylic acids is 1. The van der Waals surface area contributed by atoms with E-state index < -0.39 is 5.60 Å². The monoisotopic (exact) mass is 254 g/mol. The van der Waals surface area contributed by atoms with E-state index >= 15 is 0 Å². The Hall–Kier alpha value is -1.24. The van der Waals surface area contributed by atoms with Crippen LogP contribution in [0.4, 0.5) is 4.79 Å². The van der Waals surface area contributed by atoms with Gasteiger partial charge in [0, 0.05) is 12.5 Å². The second-order valence-electron chi connectivity index (χ2n) is 6.09. The second kappa shape index (κ2) is 7.25. The summed E-state index contributed by atoms with van der Waals surface area (Å²) in [7, 11) is 0. The van der Waals surface area contributed by atoms with Crippen LogP contribution < -0.4 is 5.32 Å². The molecule has 0 saturated carbocycles. The average Bonchev–Trinajstić information content (AvgIpc) is 2.19. The van der Waals surface area contributed by atoms with Crippen molar-refractivity contribution in [2.45, 2.75) is 66.0 Å². The van der Waals surface area contributed by atoms with Gasteiger partial charge < -0.3 is 10.1 Å². The molecule has 0 heterocycles. The van der Waals surface area contributed by atoms with E-state index in [0.717, 1.165) is 6.42 Å². The summed E-state index contributed by atoms with van der Waals surface area (Å²) in [5.41, 5.74) is -0.485. The standard InChI is InChI=1S/C14H26N2O2/c1-10(2)12(11(3)8-7-9-15)16-13(17)18-14(4,5)6/h10-12H,7-8H2,1-6H3,(H,16,17). The molecule has 0 aliphatic carbocycles. The van der Waals surface area contributed by atoms with E-state index in [1.54, 1.807) is 0 Å².